The zero-order chi connectivity index (χ0) is 14.0. The number of nitrogens with one attached hydrogen (secondary N) is 2. The Kier molecular flexibility index (Phi) is 3.57. The number of aryl methyl sites for hydroxylation is 1. The molecule has 0 unspecified atom stereocenters. The molecule has 1 aromatic carbocycles. The van der Waals surface area contributed by atoms with E-state index in [1.807, 2.05) is 0 Å². The molecular weight excluding hydrogens is 266 g/mol. The third-order valence-corrected chi connectivity index (χ3v) is 2.86. The average Bonchev–Trinajstić information content (AvgIpc) is 2.32. The minimum Gasteiger partial charge on any atom is -0.399 e. The predicted octanol–water partition coefficient (Wildman–Crippen LogP) is 2.17. The fourth-order valence-electron chi connectivity index (χ4n) is 1.57. The zero-order valence-corrected chi connectivity index (χ0v) is 10.9. The van der Waals surface area contributed by atoms with Crippen LogP contribution in [0.2, 0.25) is 5.02 Å². The topological polar surface area (TPSA) is 88.0 Å². The summed E-state index contributed by atoms with van der Waals surface area (Å²) in [6.07, 6.45) is 1.37. The van der Waals surface area contributed by atoms with Crippen LogP contribution in [0.3, 0.4) is 0 Å². The van der Waals surface area contributed by atoms with Gasteiger partial charge in [-0.1, -0.05) is 11.6 Å². The van der Waals surface area contributed by atoms with Crippen molar-refractivity contribution in [3.05, 3.63) is 57.0 Å². The summed E-state index contributed by atoms with van der Waals surface area (Å²) in [5.74, 6) is -0.520. The fourth-order valence-corrected chi connectivity index (χ4v) is 1.81. The van der Waals surface area contributed by atoms with E-state index < -0.39 is 5.91 Å². The molecule has 0 atom stereocenters. The Labute approximate surface area is 114 Å². The van der Waals surface area contributed by atoms with Crippen molar-refractivity contribution in [3.8, 4) is 0 Å². The number of carbonyl (C=O) groups excluding carboxylic acids is 1. The molecule has 5 nitrogen and oxygen atoms in total. The van der Waals surface area contributed by atoms with Crippen molar-refractivity contribution in [2.75, 3.05) is 11.1 Å². The molecule has 0 bridgehead atoms. The lowest BCUT2D eigenvalue weighted by Gasteiger charge is -2.07. The fraction of sp³-hybridized carbons (Fsp3) is 0.0769. The van der Waals surface area contributed by atoms with Gasteiger partial charge in [0.2, 0.25) is 0 Å². The van der Waals surface area contributed by atoms with Gasteiger partial charge in [-0.2, -0.15) is 0 Å². The molecule has 0 aliphatic heterocycles. The van der Waals surface area contributed by atoms with E-state index in [1.54, 1.807) is 19.1 Å². The molecule has 0 saturated heterocycles. The zero-order valence-electron chi connectivity index (χ0n) is 10.2. The second-order valence-electron chi connectivity index (χ2n) is 4.09. The maximum absolute atomic E-state index is 12.0. The Balaban J connectivity index is 2.28. The molecule has 0 saturated carbocycles. The monoisotopic (exact) mass is 277 g/mol. The van der Waals surface area contributed by atoms with E-state index in [0.29, 0.717) is 22.1 Å². The van der Waals surface area contributed by atoms with E-state index in [9.17, 15) is 9.59 Å². The molecule has 2 rings (SSSR count). The molecule has 6 heteroatoms. The van der Waals surface area contributed by atoms with Crippen LogP contribution in [0, 0.1) is 6.92 Å². The normalized spacial score (nSPS) is 10.2. The van der Waals surface area contributed by atoms with Crippen LogP contribution < -0.4 is 16.5 Å². The van der Waals surface area contributed by atoms with Gasteiger partial charge in [0.05, 0.1) is 10.7 Å². The maximum Gasteiger partial charge on any atom is 0.261 e. The van der Waals surface area contributed by atoms with E-state index in [0.717, 1.165) is 0 Å². The van der Waals surface area contributed by atoms with Crippen LogP contribution in [0.25, 0.3) is 0 Å². The summed E-state index contributed by atoms with van der Waals surface area (Å²) in [5.41, 5.74) is 6.82. The molecular formula is C13H12ClN3O2. The highest BCUT2D eigenvalue weighted by atomic mass is 35.5. The van der Waals surface area contributed by atoms with Crippen molar-refractivity contribution in [2.45, 2.75) is 6.92 Å². The van der Waals surface area contributed by atoms with Gasteiger partial charge in [-0.3, -0.25) is 9.59 Å². The van der Waals surface area contributed by atoms with Crippen LogP contribution in [0.1, 0.15) is 16.1 Å². The standard InChI is InChI=1S/C13H12ClN3O2/c1-7-4-12(18)9(6-16-7)13(19)17-11-3-2-8(15)5-10(11)14/h2-6H,15H2,1H3,(H,16,18)(H,17,19). The van der Waals surface area contributed by atoms with Gasteiger partial charge in [0.1, 0.15) is 5.56 Å². The highest BCUT2D eigenvalue weighted by Crippen LogP contribution is 2.24. The second-order valence-corrected chi connectivity index (χ2v) is 4.49. The summed E-state index contributed by atoms with van der Waals surface area (Å²) >= 11 is 5.95. The Morgan fingerprint density at radius 1 is 1.37 bits per heavy atom. The van der Waals surface area contributed by atoms with E-state index in [4.69, 9.17) is 17.3 Å². The summed E-state index contributed by atoms with van der Waals surface area (Å²) < 4.78 is 0. The number of benzene rings is 1. The summed E-state index contributed by atoms with van der Waals surface area (Å²) in [4.78, 5) is 26.5. The molecule has 0 aliphatic carbocycles. The van der Waals surface area contributed by atoms with Crippen LogP contribution in [0.5, 0.6) is 0 Å². The van der Waals surface area contributed by atoms with Crippen molar-refractivity contribution >= 4 is 28.9 Å². The van der Waals surface area contributed by atoms with Crippen molar-refractivity contribution in [2.24, 2.45) is 0 Å². The van der Waals surface area contributed by atoms with Gasteiger partial charge in [-0.05, 0) is 25.1 Å². The van der Waals surface area contributed by atoms with Crippen molar-refractivity contribution in [1.29, 1.82) is 0 Å². The Bertz CT molecular complexity index is 695. The van der Waals surface area contributed by atoms with Crippen LogP contribution in [-0.4, -0.2) is 10.9 Å². The lowest BCUT2D eigenvalue weighted by atomic mass is 10.2. The number of nitrogens with two attached hydrogens (primary N) is 1. The Hall–Kier alpha value is -2.27. The number of pyridine rings is 1. The Morgan fingerprint density at radius 2 is 2.11 bits per heavy atom. The van der Waals surface area contributed by atoms with E-state index in [1.165, 1.54) is 18.3 Å². The van der Waals surface area contributed by atoms with Gasteiger partial charge in [0.25, 0.3) is 5.91 Å². The summed E-state index contributed by atoms with van der Waals surface area (Å²) in [6.45, 7) is 1.74. The highest BCUT2D eigenvalue weighted by molar-refractivity contribution is 6.34. The molecule has 19 heavy (non-hydrogen) atoms. The maximum atomic E-state index is 12.0. The molecule has 1 aromatic heterocycles. The van der Waals surface area contributed by atoms with Gasteiger partial charge in [0.15, 0.2) is 5.43 Å². The molecule has 0 fully saturated rings. The lowest BCUT2D eigenvalue weighted by molar-refractivity contribution is 0.102. The second kappa shape index (κ2) is 5.16. The molecule has 98 valence electrons. The first-order valence-electron chi connectivity index (χ1n) is 5.53. The third-order valence-electron chi connectivity index (χ3n) is 2.54. The van der Waals surface area contributed by atoms with E-state index >= 15 is 0 Å². The quantitative estimate of drug-likeness (QED) is 0.735. The largest absolute Gasteiger partial charge is 0.399 e. The number of amides is 1. The number of halogens is 1. The van der Waals surface area contributed by atoms with Gasteiger partial charge < -0.3 is 16.0 Å². The Morgan fingerprint density at radius 3 is 2.74 bits per heavy atom. The summed E-state index contributed by atoms with van der Waals surface area (Å²) in [6, 6.07) is 6.08. The summed E-state index contributed by atoms with van der Waals surface area (Å²) in [5, 5.41) is 2.88. The number of aromatic amines is 1. The van der Waals surface area contributed by atoms with Gasteiger partial charge >= 0.3 is 0 Å². The molecule has 0 aliphatic rings. The number of H-pyrrole nitrogens is 1. The molecule has 0 spiro atoms. The molecule has 1 amide bonds. The smallest absolute Gasteiger partial charge is 0.261 e. The number of hydrogen-bond donors (Lipinski definition) is 3. The van der Waals surface area contributed by atoms with E-state index in [-0.39, 0.29) is 11.0 Å². The van der Waals surface area contributed by atoms with Crippen molar-refractivity contribution in [3.63, 3.8) is 0 Å². The van der Waals surface area contributed by atoms with Gasteiger partial charge in [-0.25, -0.2) is 0 Å². The molecule has 0 radical (unpaired) electrons. The first-order valence-corrected chi connectivity index (χ1v) is 5.91. The highest BCUT2D eigenvalue weighted by Gasteiger charge is 2.12. The molecule has 1 heterocycles. The summed E-state index contributed by atoms with van der Waals surface area (Å²) in [7, 11) is 0. The van der Waals surface area contributed by atoms with Gasteiger partial charge in [0, 0.05) is 23.6 Å². The minimum absolute atomic E-state index is 0.0264. The minimum atomic E-state index is -0.520. The van der Waals surface area contributed by atoms with Gasteiger partial charge in [-0.15, -0.1) is 0 Å². The van der Waals surface area contributed by atoms with Crippen molar-refractivity contribution < 1.29 is 4.79 Å². The van der Waals surface area contributed by atoms with E-state index in [2.05, 4.69) is 10.3 Å². The predicted molar refractivity (Wildman–Crippen MR) is 75.6 cm³/mol. The number of aromatic nitrogens is 1. The molecule has 4 N–H and O–H groups in total. The first kappa shape index (κ1) is 13.2. The van der Waals surface area contributed by atoms with Crippen LogP contribution in [0.4, 0.5) is 11.4 Å². The third kappa shape index (κ3) is 2.95. The van der Waals surface area contributed by atoms with Crippen LogP contribution in [0.15, 0.2) is 35.3 Å². The number of carbonyl (C=O) groups is 1. The number of anilines is 2. The van der Waals surface area contributed by atoms with Crippen LogP contribution in [-0.2, 0) is 0 Å². The lowest BCUT2D eigenvalue weighted by Crippen LogP contribution is -2.21. The number of nitrogen functional groups attached to an aromatic ring is 1. The SMILES string of the molecule is Cc1cc(=O)c(C(=O)Nc2ccc(N)cc2Cl)c[nH]1. The average molecular weight is 278 g/mol. The van der Waals surface area contributed by atoms with Crippen LogP contribution >= 0.6 is 11.6 Å². The van der Waals surface area contributed by atoms with Crippen molar-refractivity contribution in [1.82, 2.24) is 4.98 Å². The number of rotatable bonds is 2. The molecule has 2 aromatic rings. The first-order chi connectivity index (χ1) is 8.97. The number of hydrogen-bond acceptors (Lipinski definition) is 3.